The predicted molar refractivity (Wildman–Crippen MR) is 82.5 cm³/mol. The average molecular weight is 268 g/mol. The van der Waals surface area contributed by atoms with E-state index in [1.165, 1.54) is 11.1 Å². The SMILES string of the molecule is CC(C[C@@H]([NH])CO)C(c1ccccc1)c1ccccc1. The number of nitrogens with one attached hydrogen (secondary N) is 1. The Morgan fingerprint density at radius 2 is 1.35 bits per heavy atom. The van der Waals surface area contributed by atoms with E-state index in [4.69, 9.17) is 10.8 Å². The number of aliphatic hydroxyl groups is 1. The lowest BCUT2D eigenvalue weighted by Gasteiger charge is -2.26. The first kappa shape index (κ1) is 14.8. The molecule has 0 spiro atoms. The third-order valence-electron chi connectivity index (χ3n) is 3.76. The molecule has 105 valence electrons. The lowest BCUT2D eigenvalue weighted by molar-refractivity contribution is 0.239. The van der Waals surface area contributed by atoms with E-state index < -0.39 is 6.04 Å². The van der Waals surface area contributed by atoms with Crippen LogP contribution in [0.15, 0.2) is 60.7 Å². The standard InChI is InChI=1S/C18H22NO/c1-14(12-17(19)13-20)18(15-8-4-2-5-9-15)16-10-6-3-7-11-16/h2-11,14,17-20H,12-13H2,1H3/t14?,17-/m1/s1. The van der Waals surface area contributed by atoms with E-state index >= 15 is 0 Å². The van der Waals surface area contributed by atoms with Crippen LogP contribution in [0.25, 0.3) is 0 Å². The molecule has 2 heteroatoms. The topological polar surface area (TPSA) is 44.0 Å². The molecular formula is C18H22NO. The van der Waals surface area contributed by atoms with Gasteiger partial charge >= 0.3 is 0 Å². The maximum atomic E-state index is 9.12. The van der Waals surface area contributed by atoms with E-state index in [1.54, 1.807) is 0 Å². The molecule has 0 saturated carbocycles. The van der Waals surface area contributed by atoms with Gasteiger partial charge in [0.25, 0.3) is 0 Å². The van der Waals surface area contributed by atoms with Gasteiger partial charge in [0.05, 0.1) is 6.61 Å². The maximum absolute atomic E-state index is 9.12. The predicted octanol–water partition coefficient (Wildman–Crippen LogP) is 3.49. The molecule has 1 unspecified atom stereocenters. The Kier molecular flexibility index (Phi) is 5.33. The second kappa shape index (κ2) is 7.22. The molecule has 2 atom stereocenters. The molecule has 0 fully saturated rings. The van der Waals surface area contributed by atoms with Gasteiger partial charge in [-0.25, -0.2) is 0 Å². The van der Waals surface area contributed by atoms with Crippen molar-refractivity contribution in [1.82, 2.24) is 5.73 Å². The van der Waals surface area contributed by atoms with Crippen LogP contribution in [0.2, 0.25) is 0 Å². The van der Waals surface area contributed by atoms with Crippen LogP contribution in [0, 0.1) is 5.92 Å². The zero-order valence-electron chi connectivity index (χ0n) is 11.9. The summed E-state index contributed by atoms with van der Waals surface area (Å²) in [6, 6.07) is 20.5. The van der Waals surface area contributed by atoms with Gasteiger partial charge in [-0.3, -0.25) is 5.73 Å². The van der Waals surface area contributed by atoms with Crippen molar-refractivity contribution in [2.45, 2.75) is 25.3 Å². The van der Waals surface area contributed by atoms with Crippen LogP contribution in [-0.4, -0.2) is 17.8 Å². The van der Waals surface area contributed by atoms with Gasteiger partial charge in [-0.2, -0.15) is 0 Å². The van der Waals surface area contributed by atoms with Crippen molar-refractivity contribution in [1.29, 1.82) is 0 Å². The van der Waals surface area contributed by atoms with Gasteiger partial charge in [0.1, 0.15) is 0 Å². The minimum atomic E-state index is -0.403. The van der Waals surface area contributed by atoms with Crippen LogP contribution >= 0.6 is 0 Å². The maximum Gasteiger partial charge on any atom is 0.0598 e. The molecule has 0 aliphatic heterocycles. The molecule has 0 heterocycles. The Morgan fingerprint density at radius 3 is 1.75 bits per heavy atom. The summed E-state index contributed by atoms with van der Waals surface area (Å²) in [6.45, 7) is 2.10. The summed E-state index contributed by atoms with van der Waals surface area (Å²) >= 11 is 0. The zero-order chi connectivity index (χ0) is 14.4. The Bertz CT molecular complexity index is 458. The van der Waals surface area contributed by atoms with E-state index in [2.05, 4.69) is 55.5 Å². The van der Waals surface area contributed by atoms with Gasteiger partial charge in [0, 0.05) is 12.0 Å². The first-order chi connectivity index (χ1) is 9.72. The molecule has 0 aliphatic rings. The van der Waals surface area contributed by atoms with Crippen molar-refractivity contribution >= 4 is 0 Å². The number of hydrogen-bond acceptors (Lipinski definition) is 1. The van der Waals surface area contributed by atoms with Gasteiger partial charge in [-0.05, 0) is 23.5 Å². The van der Waals surface area contributed by atoms with E-state index in [0.29, 0.717) is 12.3 Å². The highest BCUT2D eigenvalue weighted by Gasteiger charge is 2.22. The summed E-state index contributed by atoms with van der Waals surface area (Å²) in [5, 5.41) is 9.12. The lowest BCUT2D eigenvalue weighted by Crippen LogP contribution is -2.22. The number of hydrogen-bond donors (Lipinski definition) is 1. The van der Waals surface area contributed by atoms with Gasteiger partial charge in [0.15, 0.2) is 0 Å². The molecule has 2 nitrogen and oxygen atoms in total. The first-order valence-corrected chi connectivity index (χ1v) is 7.14. The van der Waals surface area contributed by atoms with Crippen LogP contribution in [0.3, 0.4) is 0 Å². The summed E-state index contributed by atoms with van der Waals surface area (Å²) in [5.41, 5.74) is 10.4. The fourth-order valence-corrected chi connectivity index (χ4v) is 2.83. The van der Waals surface area contributed by atoms with E-state index in [1.807, 2.05) is 12.1 Å². The van der Waals surface area contributed by atoms with Crippen molar-refractivity contribution in [3.05, 3.63) is 71.8 Å². The third-order valence-corrected chi connectivity index (χ3v) is 3.76. The highest BCUT2D eigenvalue weighted by molar-refractivity contribution is 5.33. The molecule has 1 radical (unpaired) electrons. The molecular weight excluding hydrogens is 246 g/mol. The van der Waals surface area contributed by atoms with Crippen LogP contribution < -0.4 is 5.73 Å². The summed E-state index contributed by atoms with van der Waals surface area (Å²) < 4.78 is 0. The van der Waals surface area contributed by atoms with Crippen molar-refractivity contribution in [2.24, 2.45) is 5.92 Å². The highest BCUT2D eigenvalue weighted by atomic mass is 16.3. The molecule has 0 saturated heterocycles. The Morgan fingerprint density at radius 1 is 0.900 bits per heavy atom. The summed E-state index contributed by atoms with van der Waals surface area (Å²) in [7, 11) is 0. The largest absolute Gasteiger partial charge is 0.395 e. The molecule has 0 aliphatic carbocycles. The monoisotopic (exact) mass is 268 g/mol. The van der Waals surface area contributed by atoms with Crippen molar-refractivity contribution in [3.63, 3.8) is 0 Å². The summed E-state index contributed by atoms with van der Waals surface area (Å²) in [5.74, 6) is 0.589. The number of aliphatic hydroxyl groups excluding tert-OH is 1. The van der Waals surface area contributed by atoms with Crippen LogP contribution in [-0.2, 0) is 0 Å². The summed E-state index contributed by atoms with van der Waals surface area (Å²) in [4.78, 5) is 0. The quantitative estimate of drug-likeness (QED) is 0.856. The molecule has 2 aromatic carbocycles. The minimum Gasteiger partial charge on any atom is -0.395 e. The van der Waals surface area contributed by atoms with Crippen LogP contribution in [0.5, 0.6) is 0 Å². The molecule has 2 rings (SSSR count). The third kappa shape index (κ3) is 3.69. The lowest BCUT2D eigenvalue weighted by atomic mass is 9.79. The molecule has 0 amide bonds. The molecule has 20 heavy (non-hydrogen) atoms. The Hall–Kier alpha value is -1.64. The summed E-state index contributed by atoms with van der Waals surface area (Å²) in [6.07, 6.45) is 0.699. The molecule has 0 bridgehead atoms. The normalized spacial score (nSPS) is 14.2. The smallest absolute Gasteiger partial charge is 0.0598 e. The first-order valence-electron chi connectivity index (χ1n) is 7.14. The second-order valence-corrected chi connectivity index (χ2v) is 5.39. The van der Waals surface area contributed by atoms with E-state index in [0.717, 1.165) is 0 Å². The zero-order valence-corrected chi connectivity index (χ0v) is 11.9. The molecule has 2 aromatic rings. The van der Waals surface area contributed by atoms with Crippen molar-refractivity contribution < 1.29 is 5.11 Å². The highest BCUT2D eigenvalue weighted by Crippen LogP contribution is 2.34. The molecule has 0 aromatic heterocycles. The second-order valence-electron chi connectivity index (χ2n) is 5.39. The van der Waals surface area contributed by atoms with E-state index in [-0.39, 0.29) is 12.5 Å². The van der Waals surface area contributed by atoms with E-state index in [9.17, 15) is 0 Å². The van der Waals surface area contributed by atoms with Crippen molar-refractivity contribution in [2.75, 3.05) is 6.61 Å². The number of rotatable bonds is 6. The Balaban J connectivity index is 2.30. The average Bonchev–Trinajstić information content (AvgIpc) is 2.49. The van der Waals surface area contributed by atoms with Gasteiger partial charge < -0.3 is 5.11 Å². The van der Waals surface area contributed by atoms with Crippen LogP contribution in [0.4, 0.5) is 0 Å². The van der Waals surface area contributed by atoms with Gasteiger partial charge in [-0.1, -0.05) is 67.6 Å². The number of benzene rings is 2. The molecule has 2 N–H and O–H groups in total. The van der Waals surface area contributed by atoms with Gasteiger partial charge in [0.2, 0.25) is 0 Å². The van der Waals surface area contributed by atoms with Crippen LogP contribution in [0.1, 0.15) is 30.4 Å². The Labute approximate surface area is 121 Å². The fourth-order valence-electron chi connectivity index (χ4n) is 2.83. The fraction of sp³-hybridized carbons (Fsp3) is 0.333. The minimum absolute atomic E-state index is 0.0688. The van der Waals surface area contributed by atoms with Gasteiger partial charge in [-0.15, -0.1) is 0 Å². The van der Waals surface area contributed by atoms with Crippen molar-refractivity contribution in [3.8, 4) is 0 Å².